The molecule has 2 heterocycles. The summed E-state index contributed by atoms with van der Waals surface area (Å²) in [5, 5.41) is 17.5. The number of thiophene rings is 1. The van der Waals surface area contributed by atoms with Crippen LogP contribution < -0.4 is 5.32 Å². The highest BCUT2D eigenvalue weighted by molar-refractivity contribution is 7.10. The van der Waals surface area contributed by atoms with Crippen LogP contribution in [0.25, 0.3) is 0 Å². The van der Waals surface area contributed by atoms with Crippen LogP contribution in [-0.4, -0.2) is 26.5 Å². The maximum Gasteiger partial charge on any atom is 0.293 e. The molecule has 1 atom stereocenters. The van der Waals surface area contributed by atoms with Crippen LogP contribution in [0.2, 0.25) is 0 Å². The smallest absolute Gasteiger partial charge is 0.293 e. The summed E-state index contributed by atoms with van der Waals surface area (Å²) in [4.78, 5) is 12.6. The number of nitrogens with one attached hydrogen (secondary N) is 2. The van der Waals surface area contributed by atoms with Gasteiger partial charge in [-0.15, -0.1) is 21.5 Å². The van der Waals surface area contributed by atoms with Crippen molar-refractivity contribution in [1.82, 2.24) is 25.9 Å². The summed E-state index contributed by atoms with van der Waals surface area (Å²) in [6.07, 6.45) is 0. The molecule has 2 rings (SSSR count). The van der Waals surface area contributed by atoms with Crippen LogP contribution >= 0.6 is 11.3 Å². The number of rotatable bonds is 3. The highest BCUT2D eigenvalue weighted by atomic mass is 32.1. The van der Waals surface area contributed by atoms with Gasteiger partial charge < -0.3 is 5.32 Å². The number of tetrazole rings is 1. The third-order valence-corrected chi connectivity index (χ3v) is 2.92. The number of nitrogens with zero attached hydrogens (tertiary/aromatic N) is 3. The van der Waals surface area contributed by atoms with Crippen LogP contribution in [0, 0.1) is 0 Å². The van der Waals surface area contributed by atoms with Crippen molar-refractivity contribution in [3.63, 3.8) is 0 Å². The lowest BCUT2D eigenvalue weighted by atomic mass is 10.3. The molecule has 0 radical (unpaired) electrons. The maximum absolute atomic E-state index is 11.5. The molecular formula is C8H9N5OS. The van der Waals surface area contributed by atoms with Crippen molar-refractivity contribution in [2.24, 2.45) is 0 Å². The van der Waals surface area contributed by atoms with Crippen LogP contribution in [0.15, 0.2) is 17.5 Å². The van der Waals surface area contributed by atoms with E-state index in [0.29, 0.717) is 0 Å². The first-order chi connectivity index (χ1) is 7.27. The van der Waals surface area contributed by atoms with Crippen LogP contribution in [-0.2, 0) is 0 Å². The Bertz CT molecular complexity index is 424. The van der Waals surface area contributed by atoms with Crippen LogP contribution in [0.5, 0.6) is 0 Å². The summed E-state index contributed by atoms with van der Waals surface area (Å²) < 4.78 is 0. The molecule has 0 aliphatic rings. The molecule has 0 fully saturated rings. The van der Waals surface area contributed by atoms with Gasteiger partial charge in [0, 0.05) is 4.88 Å². The van der Waals surface area contributed by atoms with E-state index in [1.165, 1.54) is 0 Å². The Kier molecular flexibility index (Phi) is 2.72. The molecule has 2 N–H and O–H groups in total. The van der Waals surface area contributed by atoms with Crippen molar-refractivity contribution in [3.05, 3.63) is 28.2 Å². The molecule has 0 aliphatic heterocycles. The molecule has 0 aromatic carbocycles. The zero-order valence-corrected chi connectivity index (χ0v) is 8.78. The molecule has 7 heteroatoms. The van der Waals surface area contributed by atoms with Gasteiger partial charge in [0.05, 0.1) is 6.04 Å². The number of carbonyl (C=O) groups excluding carboxylic acids is 1. The van der Waals surface area contributed by atoms with Crippen molar-refractivity contribution in [1.29, 1.82) is 0 Å². The molecule has 1 amide bonds. The molecule has 2 aromatic heterocycles. The number of hydrogen-bond acceptors (Lipinski definition) is 5. The predicted octanol–water partition coefficient (Wildman–Crippen LogP) is 0.752. The van der Waals surface area contributed by atoms with Crippen LogP contribution in [0.3, 0.4) is 0 Å². The Morgan fingerprint density at radius 3 is 3.13 bits per heavy atom. The van der Waals surface area contributed by atoms with Gasteiger partial charge in [-0.25, -0.2) is 0 Å². The Balaban J connectivity index is 2.01. The van der Waals surface area contributed by atoms with Crippen LogP contribution in [0.4, 0.5) is 0 Å². The van der Waals surface area contributed by atoms with Gasteiger partial charge >= 0.3 is 0 Å². The summed E-state index contributed by atoms with van der Waals surface area (Å²) >= 11 is 1.59. The van der Waals surface area contributed by atoms with Gasteiger partial charge in [-0.2, -0.15) is 5.21 Å². The second kappa shape index (κ2) is 4.18. The number of aromatic nitrogens is 4. The molecule has 0 bridgehead atoms. The van der Waals surface area contributed by atoms with Gasteiger partial charge in [0.25, 0.3) is 11.7 Å². The predicted molar refractivity (Wildman–Crippen MR) is 54.4 cm³/mol. The highest BCUT2D eigenvalue weighted by Crippen LogP contribution is 2.17. The van der Waals surface area contributed by atoms with E-state index < -0.39 is 0 Å². The molecule has 78 valence electrons. The molecule has 1 unspecified atom stereocenters. The maximum atomic E-state index is 11.5. The average molecular weight is 223 g/mol. The van der Waals surface area contributed by atoms with Gasteiger partial charge in [-0.05, 0) is 23.6 Å². The van der Waals surface area contributed by atoms with Gasteiger partial charge in [0.2, 0.25) is 0 Å². The first kappa shape index (κ1) is 9.78. The molecule has 6 nitrogen and oxygen atoms in total. The second-order valence-electron chi connectivity index (χ2n) is 2.95. The summed E-state index contributed by atoms with van der Waals surface area (Å²) in [6.45, 7) is 1.91. The van der Waals surface area contributed by atoms with Crippen molar-refractivity contribution in [2.75, 3.05) is 0 Å². The first-order valence-electron chi connectivity index (χ1n) is 4.35. The normalized spacial score (nSPS) is 12.3. The minimum Gasteiger partial charge on any atom is -0.342 e. The Morgan fingerprint density at radius 2 is 2.53 bits per heavy atom. The van der Waals surface area contributed by atoms with E-state index in [4.69, 9.17) is 0 Å². The number of carbonyl (C=O) groups is 1. The van der Waals surface area contributed by atoms with Gasteiger partial charge in [-0.1, -0.05) is 6.07 Å². The highest BCUT2D eigenvalue weighted by Gasteiger charge is 2.15. The topological polar surface area (TPSA) is 83.6 Å². The number of amides is 1. The minimum atomic E-state index is -0.329. The van der Waals surface area contributed by atoms with Crippen molar-refractivity contribution in [3.8, 4) is 0 Å². The fraction of sp³-hybridized carbons (Fsp3) is 0.250. The van der Waals surface area contributed by atoms with Crippen molar-refractivity contribution in [2.45, 2.75) is 13.0 Å². The SMILES string of the molecule is CC(NC(=O)c1nn[nH]n1)c1cccs1. The monoisotopic (exact) mass is 223 g/mol. The van der Waals surface area contributed by atoms with Gasteiger partial charge in [-0.3, -0.25) is 4.79 Å². The summed E-state index contributed by atoms with van der Waals surface area (Å²) in [5.41, 5.74) is 0. The molecule has 0 spiro atoms. The zero-order valence-electron chi connectivity index (χ0n) is 7.97. The van der Waals surface area contributed by atoms with E-state index in [0.717, 1.165) is 4.88 Å². The quantitative estimate of drug-likeness (QED) is 0.804. The van der Waals surface area contributed by atoms with E-state index in [9.17, 15) is 4.79 Å². The van der Waals surface area contributed by atoms with Crippen LogP contribution in [0.1, 0.15) is 28.5 Å². The second-order valence-corrected chi connectivity index (χ2v) is 3.93. The Hall–Kier alpha value is -1.76. The molecule has 15 heavy (non-hydrogen) atoms. The van der Waals surface area contributed by atoms with Gasteiger partial charge in [0.15, 0.2) is 0 Å². The largest absolute Gasteiger partial charge is 0.342 e. The number of aromatic amines is 1. The fourth-order valence-corrected chi connectivity index (χ4v) is 1.86. The summed E-state index contributed by atoms with van der Waals surface area (Å²) in [6, 6.07) is 3.86. The molecule has 0 saturated heterocycles. The third kappa shape index (κ3) is 2.18. The standard InChI is InChI=1S/C8H9N5OS/c1-5(6-3-2-4-15-6)9-8(14)7-10-12-13-11-7/h2-5H,1H3,(H,9,14)(H,10,11,12,13). The van der Waals surface area contributed by atoms with E-state index in [1.807, 2.05) is 24.4 Å². The molecular weight excluding hydrogens is 214 g/mol. The van der Waals surface area contributed by atoms with E-state index in [-0.39, 0.29) is 17.8 Å². The average Bonchev–Trinajstić information content (AvgIpc) is 2.91. The first-order valence-corrected chi connectivity index (χ1v) is 5.23. The van der Waals surface area contributed by atoms with Crippen molar-refractivity contribution >= 4 is 17.2 Å². The summed E-state index contributed by atoms with van der Waals surface area (Å²) in [7, 11) is 0. The lowest BCUT2D eigenvalue weighted by Crippen LogP contribution is -2.27. The van der Waals surface area contributed by atoms with E-state index >= 15 is 0 Å². The molecule has 0 saturated carbocycles. The molecule has 0 aliphatic carbocycles. The lowest BCUT2D eigenvalue weighted by Gasteiger charge is -2.09. The third-order valence-electron chi connectivity index (χ3n) is 1.87. The molecule has 2 aromatic rings. The van der Waals surface area contributed by atoms with E-state index in [2.05, 4.69) is 25.9 Å². The fourth-order valence-electron chi connectivity index (χ4n) is 1.13. The zero-order chi connectivity index (χ0) is 10.7. The van der Waals surface area contributed by atoms with Crippen molar-refractivity contribution < 1.29 is 4.79 Å². The minimum absolute atomic E-state index is 0.0454. The Labute approximate surface area is 89.7 Å². The Morgan fingerprint density at radius 1 is 1.67 bits per heavy atom. The van der Waals surface area contributed by atoms with Gasteiger partial charge in [0.1, 0.15) is 0 Å². The number of H-pyrrole nitrogens is 1. The number of hydrogen-bond donors (Lipinski definition) is 2. The lowest BCUT2D eigenvalue weighted by molar-refractivity contribution is 0.0930. The van der Waals surface area contributed by atoms with E-state index in [1.54, 1.807) is 11.3 Å². The summed E-state index contributed by atoms with van der Waals surface area (Å²) in [5.74, 6) is -0.275.